The van der Waals surface area contributed by atoms with E-state index < -0.39 is 0 Å². The fourth-order valence-electron chi connectivity index (χ4n) is 2.33. The Morgan fingerprint density at radius 3 is 3.18 bits per heavy atom. The van der Waals surface area contributed by atoms with E-state index in [0.29, 0.717) is 25.5 Å². The first-order valence-corrected chi connectivity index (χ1v) is 10.3. The van der Waals surface area contributed by atoms with Crippen LogP contribution in [0.2, 0.25) is 0 Å². The summed E-state index contributed by atoms with van der Waals surface area (Å²) in [6.07, 6.45) is 6.98. The predicted octanol–water partition coefficient (Wildman–Crippen LogP) is 3.81. The topological polar surface area (TPSA) is 51.2 Å². The van der Waals surface area contributed by atoms with E-state index in [0.717, 1.165) is 23.7 Å². The summed E-state index contributed by atoms with van der Waals surface area (Å²) in [5, 5.41) is 3.76. The maximum atomic E-state index is 11.9. The molecule has 1 aliphatic heterocycles. The fourth-order valence-corrected chi connectivity index (χ4v) is 5.36. The second kappa shape index (κ2) is 10.0. The number of amides is 1. The smallest absolute Gasteiger partial charge is 0.220 e. The molecule has 122 valence electrons. The molecule has 1 aromatic heterocycles. The molecule has 0 bridgehead atoms. The molecule has 0 saturated carbocycles. The zero-order valence-corrected chi connectivity index (χ0v) is 14.7. The number of unbranched alkanes of at least 4 members (excludes halogenated alkanes) is 1. The number of hydrogen-bond acceptors (Lipinski definition) is 5. The van der Waals surface area contributed by atoms with Gasteiger partial charge in [0.25, 0.3) is 0 Å². The molecule has 1 N–H and O–H groups in total. The van der Waals surface area contributed by atoms with E-state index in [4.69, 9.17) is 4.74 Å². The first-order valence-electron chi connectivity index (χ1n) is 7.91. The summed E-state index contributed by atoms with van der Waals surface area (Å²) in [4.78, 5) is 16.1. The standard InChI is InChI=1S/C16H24N2O2S2/c1-2-20-16-13(6-5-10-17-16)12-18-15(19)8-4-3-7-14-9-11-21-22-14/h5-6,10,14H,2-4,7-9,11-12H2,1H3,(H,18,19). The number of ether oxygens (including phenoxy) is 1. The molecule has 0 aliphatic carbocycles. The quantitative estimate of drug-likeness (QED) is 0.547. The van der Waals surface area contributed by atoms with E-state index >= 15 is 0 Å². The SMILES string of the molecule is CCOc1ncccc1CNC(=O)CCCCC1CCSS1. The minimum absolute atomic E-state index is 0.111. The van der Waals surface area contributed by atoms with Crippen molar-refractivity contribution in [3.05, 3.63) is 23.9 Å². The average Bonchev–Trinajstić information content (AvgIpc) is 3.04. The van der Waals surface area contributed by atoms with Gasteiger partial charge in [-0.15, -0.1) is 0 Å². The molecule has 0 radical (unpaired) electrons. The Bertz CT molecular complexity index is 465. The van der Waals surface area contributed by atoms with Crippen LogP contribution in [0.1, 0.15) is 44.6 Å². The van der Waals surface area contributed by atoms with E-state index in [2.05, 4.69) is 10.3 Å². The largest absolute Gasteiger partial charge is 0.478 e. The number of aromatic nitrogens is 1. The summed E-state index contributed by atoms with van der Waals surface area (Å²) < 4.78 is 5.46. The molecule has 1 aliphatic rings. The Labute approximate surface area is 140 Å². The van der Waals surface area contributed by atoms with Gasteiger partial charge in [-0.2, -0.15) is 0 Å². The van der Waals surface area contributed by atoms with Gasteiger partial charge >= 0.3 is 0 Å². The van der Waals surface area contributed by atoms with Crippen LogP contribution in [-0.4, -0.2) is 28.5 Å². The Morgan fingerprint density at radius 2 is 2.41 bits per heavy atom. The van der Waals surface area contributed by atoms with Gasteiger partial charge in [-0.25, -0.2) is 4.98 Å². The minimum atomic E-state index is 0.111. The highest BCUT2D eigenvalue weighted by Crippen LogP contribution is 2.39. The van der Waals surface area contributed by atoms with Crippen molar-refractivity contribution in [2.45, 2.75) is 50.8 Å². The van der Waals surface area contributed by atoms with Crippen molar-refractivity contribution in [2.24, 2.45) is 0 Å². The van der Waals surface area contributed by atoms with Crippen LogP contribution in [0.5, 0.6) is 5.88 Å². The van der Waals surface area contributed by atoms with Gasteiger partial charge in [0, 0.05) is 35.7 Å². The fraction of sp³-hybridized carbons (Fsp3) is 0.625. The summed E-state index contributed by atoms with van der Waals surface area (Å²) in [6.45, 7) is 2.99. The number of carbonyl (C=O) groups is 1. The lowest BCUT2D eigenvalue weighted by Gasteiger charge is -2.10. The number of nitrogens with one attached hydrogen (secondary N) is 1. The summed E-state index contributed by atoms with van der Waals surface area (Å²) in [7, 11) is 3.99. The zero-order valence-electron chi connectivity index (χ0n) is 13.0. The maximum Gasteiger partial charge on any atom is 0.220 e. The molecular weight excluding hydrogens is 316 g/mol. The number of pyridine rings is 1. The zero-order chi connectivity index (χ0) is 15.6. The van der Waals surface area contributed by atoms with Crippen LogP contribution in [0.25, 0.3) is 0 Å². The number of nitrogens with zero attached hydrogens (tertiary/aromatic N) is 1. The van der Waals surface area contributed by atoms with Crippen LogP contribution in [0.3, 0.4) is 0 Å². The van der Waals surface area contributed by atoms with E-state index in [9.17, 15) is 4.79 Å². The third-order valence-electron chi connectivity index (χ3n) is 3.51. The van der Waals surface area contributed by atoms with Crippen molar-refractivity contribution < 1.29 is 9.53 Å². The molecule has 4 nitrogen and oxygen atoms in total. The summed E-state index contributed by atoms with van der Waals surface area (Å²) >= 11 is 0. The van der Waals surface area contributed by atoms with E-state index in [1.807, 2.05) is 40.6 Å². The van der Waals surface area contributed by atoms with E-state index in [-0.39, 0.29) is 5.91 Å². The Kier molecular flexibility index (Phi) is 7.94. The number of rotatable bonds is 9. The van der Waals surface area contributed by atoms with Crippen molar-refractivity contribution in [3.8, 4) is 5.88 Å². The number of hydrogen-bond donors (Lipinski definition) is 1. The molecule has 1 amide bonds. The molecular formula is C16H24N2O2S2. The van der Waals surface area contributed by atoms with Gasteiger partial charge in [-0.3, -0.25) is 4.79 Å². The summed E-state index contributed by atoms with van der Waals surface area (Å²) in [5.74, 6) is 2.00. The lowest BCUT2D eigenvalue weighted by atomic mass is 10.1. The molecule has 0 spiro atoms. The second-order valence-corrected chi connectivity index (χ2v) is 8.04. The summed E-state index contributed by atoms with van der Waals surface area (Å²) in [6, 6.07) is 3.80. The predicted molar refractivity (Wildman–Crippen MR) is 94.2 cm³/mol. The lowest BCUT2D eigenvalue weighted by Crippen LogP contribution is -2.23. The molecule has 1 atom stereocenters. The maximum absolute atomic E-state index is 11.9. The highest BCUT2D eigenvalue weighted by Gasteiger charge is 2.15. The van der Waals surface area contributed by atoms with Gasteiger partial charge in [0.2, 0.25) is 11.8 Å². The Morgan fingerprint density at radius 1 is 1.50 bits per heavy atom. The molecule has 0 aromatic carbocycles. The van der Waals surface area contributed by atoms with Crippen molar-refractivity contribution in [3.63, 3.8) is 0 Å². The van der Waals surface area contributed by atoms with Crippen molar-refractivity contribution in [2.75, 3.05) is 12.4 Å². The van der Waals surface area contributed by atoms with Crippen LogP contribution in [0.15, 0.2) is 18.3 Å². The molecule has 2 heterocycles. The van der Waals surface area contributed by atoms with Crippen LogP contribution in [-0.2, 0) is 11.3 Å². The average molecular weight is 341 g/mol. The molecule has 6 heteroatoms. The highest BCUT2D eigenvalue weighted by molar-refractivity contribution is 8.77. The Balaban J connectivity index is 1.62. The molecule has 1 aromatic rings. The van der Waals surface area contributed by atoms with E-state index in [1.54, 1.807) is 6.20 Å². The van der Waals surface area contributed by atoms with Gasteiger partial charge in [-0.1, -0.05) is 34.1 Å². The highest BCUT2D eigenvalue weighted by atomic mass is 33.1. The van der Waals surface area contributed by atoms with E-state index in [1.165, 1.54) is 18.6 Å². The molecule has 1 fully saturated rings. The number of carbonyl (C=O) groups excluding carboxylic acids is 1. The van der Waals surface area contributed by atoms with Gasteiger partial charge in [-0.05, 0) is 32.3 Å². The van der Waals surface area contributed by atoms with Crippen molar-refractivity contribution in [1.82, 2.24) is 10.3 Å². The van der Waals surface area contributed by atoms with Crippen molar-refractivity contribution in [1.29, 1.82) is 0 Å². The van der Waals surface area contributed by atoms with Crippen LogP contribution >= 0.6 is 21.6 Å². The van der Waals surface area contributed by atoms with Crippen LogP contribution in [0, 0.1) is 0 Å². The molecule has 22 heavy (non-hydrogen) atoms. The second-order valence-electron chi connectivity index (χ2n) is 5.25. The molecule has 1 unspecified atom stereocenters. The Hall–Kier alpha value is -0.880. The van der Waals surface area contributed by atoms with Crippen LogP contribution in [0.4, 0.5) is 0 Å². The van der Waals surface area contributed by atoms with Crippen LogP contribution < -0.4 is 10.1 Å². The van der Waals surface area contributed by atoms with Gasteiger partial charge in [0.15, 0.2) is 0 Å². The molecule has 2 rings (SSSR count). The lowest BCUT2D eigenvalue weighted by molar-refractivity contribution is -0.121. The van der Waals surface area contributed by atoms with Gasteiger partial charge in [0.1, 0.15) is 0 Å². The van der Waals surface area contributed by atoms with Crippen molar-refractivity contribution >= 4 is 27.5 Å². The first kappa shape index (κ1) is 17.5. The van der Waals surface area contributed by atoms with Gasteiger partial charge in [0.05, 0.1) is 6.61 Å². The third-order valence-corrected chi connectivity index (χ3v) is 6.52. The normalized spacial score (nSPS) is 17.4. The molecule has 1 saturated heterocycles. The van der Waals surface area contributed by atoms with Gasteiger partial charge < -0.3 is 10.1 Å². The monoisotopic (exact) mass is 340 g/mol. The third kappa shape index (κ3) is 6.08. The first-order chi connectivity index (χ1) is 10.8. The minimum Gasteiger partial charge on any atom is -0.478 e. The summed E-state index contributed by atoms with van der Waals surface area (Å²) in [5.41, 5.74) is 0.928.